The van der Waals surface area contributed by atoms with Crippen molar-refractivity contribution in [1.82, 2.24) is 19.6 Å². The van der Waals surface area contributed by atoms with Crippen LogP contribution in [0.5, 0.6) is 0 Å². The molecule has 0 saturated carbocycles. The average molecular weight is 365 g/mol. The summed E-state index contributed by atoms with van der Waals surface area (Å²) in [5, 5.41) is 0. The van der Waals surface area contributed by atoms with Gasteiger partial charge in [-0.3, -0.25) is 9.59 Å². The third-order valence-electron chi connectivity index (χ3n) is 6.32. The lowest BCUT2D eigenvalue weighted by atomic mass is 9.94. The standard InChI is InChI=1S/C20H36N4O2/c1-20(2,3)24-15-17(13-18(24)25)19(26)23-7-5-16(6-8-23)14-22-11-9-21(4)10-12-22/h16-17H,5-15H2,1-4H3. The summed E-state index contributed by atoms with van der Waals surface area (Å²) in [5.74, 6) is 0.888. The Morgan fingerprint density at radius 1 is 1.04 bits per heavy atom. The Kier molecular flexibility index (Phi) is 5.92. The maximum atomic E-state index is 12.9. The summed E-state index contributed by atoms with van der Waals surface area (Å²) >= 11 is 0. The van der Waals surface area contributed by atoms with Gasteiger partial charge in [0.05, 0.1) is 5.92 Å². The molecule has 3 rings (SSSR count). The Morgan fingerprint density at radius 3 is 2.19 bits per heavy atom. The summed E-state index contributed by atoms with van der Waals surface area (Å²) in [5.41, 5.74) is -0.193. The van der Waals surface area contributed by atoms with Crippen LogP contribution in [-0.4, -0.2) is 96.4 Å². The Hall–Kier alpha value is -1.14. The first kappa shape index (κ1) is 19.6. The lowest BCUT2D eigenvalue weighted by Gasteiger charge is -2.38. The molecule has 3 saturated heterocycles. The van der Waals surface area contributed by atoms with Gasteiger partial charge in [0.15, 0.2) is 0 Å². The molecule has 1 atom stereocenters. The maximum Gasteiger partial charge on any atom is 0.227 e. The number of hydrogen-bond acceptors (Lipinski definition) is 4. The van der Waals surface area contributed by atoms with Gasteiger partial charge in [-0.2, -0.15) is 0 Å². The average Bonchev–Trinajstić information content (AvgIpc) is 2.99. The van der Waals surface area contributed by atoms with Crippen molar-refractivity contribution in [3.05, 3.63) is 0 Å². The Labute approximate surface area is 158 Å². The molecule has 0 aliphatic carbocycles. The maximum absolute atomic E-state index is 12.9. The minimum absolute atomic E-state index is 0.126. The molecule has 0 aromatic rings. The molecule has 2 amide bonds. The predicted octanol–water partition coefficient (Wildman–Crippen LogP) is 1.12. The van der Waals surface area contributed by atoms with Gasteiger partial charge in [-0.15, -0.1) is 0 Å². The first-order chi connectivity index (χ1) is 12.2. The van der Waals surface area contributed by atoms with Crippen LogP contribution in [0.25, 0.3) is 0 Å². The van der Waals surface area contributed by atoms with Crippen LogP contribution in [0.3, 0.4) is 0 Å². The summed E-state index contributed by atoms with van der Waals surface area (Å²) < 4.78 is 0. The smallest absolute Gasteiger partial charge is 0.227 e. The number of hydrogen-bond donors (Lipinski definition) is 0. The van der Waals surface area contributed by atoms with E-state index in [4.69, 9.17) is 0 Å². The molecule has 0 spiro atoms. The van der Waals surface area contributed by atoms with Gasteiger partial charge in [0.25, 0.3) is 0 Å². The molecule has 0 aromatic carbocycles. The zero-order valence-electron chi connectivity index (χ0n) is 17.0. The molecule has 3 aliphatic rings. The second kappa shape index (κ2) is 7.85. The van der Waals surface area contributed by atoms with Gasteiger partial charge in [0, 0.05) is 64.3 Å². The van der Waals surface area contributed by atoms with Crippen molar-refractivity contribution in [2.24, 2.45) is 11.8 Å². The van der Waals surface area contributed by atoms with Crippen molar-refractivity contribution in [2.45, 2.75) is 45.6 Å². The zero-order chi connectivity index (χ0) is 18.9. The van der Waals surface area contributed by atoms with Crippen LogP contribution in [0.1, 0.15) is 40.0 Å². The van der Waals surface area contributed by atoms with E-state index < -0.39 is 0 Å². The molecule has 0 N–H and O–H groups in total. The van der Waals surface area contributed by atoms with Gasteiger partial charge in [-0.05, 0) is 46.6 Å². The quantitative estimate of drug-likeness (QED) is 0.753. The topological polar surface area (TPSA) is 47.1 Å². The number of amides is 2. The zero-order valence-corrected chi connectivity index (χ0v) is 17.0. The molecule has 3 fully saturated rings. The van der Waals surface area contributed by atoms with Gasteiger partial charge in [-0.1, -0.05) is 0 Å². The van der Waals surface area contributed by atoms with E-state index >= 15 is 0 Å². The monoisotopic (exact) mass is 364 g/mol. The van der Waals surface area contributed by atoms with Crippen LogP contribution in [0.15, 0.2) is 0 Å². The second-order valence-corrected chi connectivity index (χ2v) is 9.45. The molecule has 6 nitrogen and oxygen atoms in total. The van der Waals surface area contributed by atoms with Crippen molar-refractivity contribution in [3.63, 3.8) is 0 Å². The molecule has 3 heterocycles. The van der Waals surface area contributed by atoms with E-state index in [0.717, 1.165) is 39.0 Å². The van der Waals surface area contributed by atoms with Crippen molar-refractivity contribution in [3.8, 4) is 0 Å². The van der Waals surface area contributed by atoms with Crippen molar-refractivity contribution < 1.29 is 9.59 Å². The van der Waals surface area contributed by atoms with Crippen LogP contribution in [0.4, 0.5) is 0 Å². The molecule has 3 aliphatic heterocycles. The minimum Gasteiger partial charge on any atom is -0.342 e. The number of rotatable bonds is 3. The first-order valence-electron chi connectivity index (χ1n) is 10.2. The highest BCUT2D eigenvalue weighted by Crippen LogP contribution is 2.28. The Balaban J connectivity index is 1.45. The van der Waals surface area contributed by atoms with Crippen LogP contribution >= 0.6 is 0 Å². The van der Waals surface area contributed by atoms with E-state index in [9.17, 15) is 9.59 Å². The van der Waals surface area contributed by atoms with Crippen LogP contribution in [0.2, 0.25) is 0 Å². The molecule has 26 heavy (non-hydrogen) atoms. The highest BCUT2D eigenvalue weighted by atomic mass is 16.2. The van der Waals surface area contributed by atoms with Crippen LogP contribution in [-0.2, 0) is 9.59 Å². The summed E-state index contributed by atoms with van der Waals surface area (Å²) in [4.78, 5) is 34.0. The summed E-state index contributed by atoms with van der Waals surface area (Å²) in [6, 6.07) is 0. The molecular formula is C20H36N4O2. The predicted molar refractivity (Wildman–Crippen MR) is 103 cm³/mol. The number of nitrogens with zero attached hydrogens (tertiary/aromatic N) is 4. The number of carbonyl (C=O) groups excluding carboxylic acids is 2. The highest BCUT2D eigenvalue weighted by molar-refractivity contribution is 5.89. The highest BCUT2D eigenvalue weighted by Gasteiger charge is 2.41. The normalized spacial score (nSPS) is 27.4. The molecule has 1 unspecified atom stereocenters. The van der Waals surface area contributed by atoms with Gasteiger partial charge < -0.3 is 19.6 Å². The molecule has 6 heteroatoms. The lowest BCUT2D eigenvalue weighted by Crippen LogP contribution is -2.48. The SMILES string of the molecule is CN1CCN(CC2CCN(C(=O)C3CC(=O)N(C(C)(C)C)C3)CC2)CC1. The van der Waals surface area contributed by atoms with E-state index in [2.05, 4.69) is 16.8 Å². The van der Waals surface area contributed by atoms with Crippen molar-refractivity contribution >= 4 is 11.8 Å². The fraction of sp³-hybridized carbons (Fsp3) is 0.900. The molecule has 0 bridgehead atoms. The minimum atomic E-state index is -0.193. The fourth-order valence-corrected chi connectivity index (χ4v) is 4.51. The molecule has 148 valence electrons. The summed E-state index contributed by atoms with van der Waals surface area (Å²) in [6.07, 6.45) is 2.58. The van der Waals surface area contributed by atoms with Crippen LogP contribution < -0.4 is 0 Å². The van der Waals surface area contributed by atoms with Gasteiger partial charge in [-0.25, -0.2) is 0 Å². The number of likely N-dealkylation sites (tertiary alicyclic amines) is 2. The van der Waals surface area contributed by atoms with Gasteiger partial charge in [0.2, 0.25) is 11.8 Å². The summed E-state index contributed by atoms with van der Waals surface area (Å²) in [7, 11) is 2.19. The van der Waals surface area contributed by atoms with E-state index in [1.54, 1.807) is 0 Å². The van der Waals surface area contributed by atoms with Crippen molar-refractivity contribution in [1.29, 1.82) is 0 Å². The number of piperidine rings is 1. The van der Waals surface area contributed by atoms with E-state index in [0.29, 0.717) is 18.9 Å². The number of carbonyl (C=O) groups is 2. The second-order valence-electron chi connectivity index (χ2n) is 9.45. The van der Waals surface area contributed by atoms with Gasteiger partial charge in [0.1, 0.15) is 0 Å². The lowest BCUT2D eigenvalue weighted by molar-refractivity contribution is -0.137. The molecule has 0 aromatic heterocycles. The number of piperazine rings is 1. The number of likely N-dealkylation sites (N-methyl/N-ethyl adjacent to an activating group) is 1. The van der Waals surface area contributed by atoms with E-state index in [1.807, 2.05) is 30.6 Å². The Morgan fingerprint density at radius 2 is 1.65 bits per heavy atom. The van der Waals surface area contributed by atoms with Crippen LogP contribution in [0, 0.1) is 11.8 Å². The molecular weight excluding hydrogens is 328 g/mol. The van der Waals surface area contributed by atoms with Gasteiger partial charge >= 0.3 is 0 Å². The van der Waals surface area contributed by atoms with E-state index in [1.165, 1.54) is 19.6 Å². The van der Waals surface area contributed by atoms with Crippen molar-refractivity contribution in [2.75, 3.05) is 59.4 Å². The molecule has 0 radical (unpaired) electrons. The van der Waals surface area contributed by atoms with E-state index in [-0.39, 0.29) is 23.3 Å². The largest absolute Gasteiger partial charge is 0.342 e. The fourth-order valence-electron chi connectivity index (χ4n) is 4.51. The Bertz CT molecular complexity index is 514. The third kappa shape index (κ3) is 4.58. The third-order valence-corrected chi connectivity index (χ3v) is 6.32. The first-order valence-corrected chi connectivity index (χ1v) is 10.2. The summed E-state index contributed by atoms with van der Waals surface area (Å²) in [6.45, 7) is 14.3.